The molecule has 2 atom stereocenters. The van der Waals surface area contributed by atoms with Gasteiger partial charge < -0.3 is 10.5 Å². The summed E-state index contributed by atoms with van der Waals surface area (Å²) in [6, 6.07) is 7.70. The van der Waals surface area contributed by atoms with E-state index in [1.165, 1.54) is 0 Å². The van der Waals surface area contributed by atoms with Gasteiger partial charge in [-0.1, -0.05) is 40.5 Å². The molecule has 2 rings (SSSR count). The first-order valence-corrected chi connectivity index (χ1v) is 6.63. The van der Waals surface area contributed by atoms with Crippen molar-refractivity contribution in [1.82, 2.24) is 0 Å². The van der Waals surface area contributed by atoms with Crippen LogP contribution >= 0.6 is 15.9 Å². The van der Waals surface area contributed by atoms with E-state index in [9.17, 15) is 4.79 Å². The van der Waals surface area contributed by atoms with Crippen LogP contribution in [-0.4, -0.2) is 12.0 Å². The number of ether oxygens (including phenoxy) is 1. The normalized spacial score (nSPS) is 23.6. The maximum absolute atomic E-state index is 11.8. The molecule has 0 radical (unpaired) electrons. The predicted octanol–water partition coefficient (Wildman–Crippen LogP) is 2.62. The summed E-state index contributed by atoms with van der Waals surface area (Å²) >= 11 is 3.43. The average Bonchev–Trinajstić information content (AvgIpc) is 2.74. The van der Waals surface area contributed by atoms with E-state index >= 15 is 0 Å². The molecule has 1 aromatic carbocycles. The number of rotatable bonds is 3. The second-order valence-electron chi connectivity index (χ2n) is 4.40. The molecule has 0 heterocycles. The molecule has 1 aromatic rings. The van der Waals surface area contributed by atoms with Gasteiger partial charge in [-0.3, -0.25) is 4.79 Å². The second kappa shape index (κ2) is 5.65. The van der Waals surface area contributed by atoms with Crippen molar-refractivity contribution in [3.8, 4) is 0 Å². The molecule has 0 aromatic heterocycles. The Morgan fingerprint density at radius 1 is 1.41 bits per heavy atom. The molecular weight excluding hydrogens is 282 g/mol. The van der Waals surface area contributed by atoms with Crippen molar-refractivity contribution in [2.24, 2.45) is 11.7 Å². The van der Waals surface area contributed by atoms with Crippen LogP contribution in [-0.2, 0) is 16.1 Å². The van der Waals surface area contributed by atoms with Crippen molar-refractivity contribution in [3.05, 3.63) is 34.3 Å². The molecule has 0 saturated heterocycles. The molecule has 0 spiro atoms. The number of hydrogen-bond donors (Lipinski definition) is 1. The lowest BCUT2D eigenvalue weighted by Crippen LogP contribution is -2.31. The van der Waals surface area contributed by atoms with E-state index < -0.39 is 0 Å². The summed E-state index contributed by atoms with van der Waals surface area (Å²) in [7, 11) is 0. The number of halogens is 1. The van der Waals surface area contributed by atoms with Gasteiger partial charge in [0.25, 0.3) is 0 Å². The van der Waals surface area contributed by atoms with Gasteiger partial charge in [0.1, 0.15) is 6.61 Å². The van der Waals surface area contributed by atoms with E-state index in [2.05, 4.69) is 15.9 Å². The van der Waals surface area contributed by atoms with Gasteiger partial charge in [0.05, 0.1) is 5.92 Å². The molecule has 1 fully saturated rings. The summed E-state index contributed by atoms with van der Waals surface area (Å²) in [5.74, 6) is -0.275. The Morgan fingerprint density at radius 3 is 2.82 bits per heavy atom. The van der Waals surface area contributed by atoms with Gasteiger partial charge in [-0.15, -0.1) is 0 Å². The van der Waals surface area contributed by atoms with Crippen LogP contribution in [0, 0.1) is 5.92 Å². The molecule has 1 saturated carbocycles. The lowest BCUT2D eigenvalue weighted by atomic mass is 10.1. The largest absolute Gasteiger partial charge is 0.461 e. The maximum Gasteiger partial charge on any atom is 0.310 e. The van der Waals surface area contributed by atoms with Gasteiger partial charge in [-0.05, 0) is 18.9 Å². The van der Waals surface area contributed by atoms with Gasteiger partial charge >= 0.3 is 5.97 Å². The minimum atomic E-state index is -0.161. The third-order valence-corrected chi connectivity index (χ3v) is 3.97. The number of carbonyl (C=O) groups is 1. The zero-order valence-corrected chi connectivity index (χ0v) is 11.2. The highest BCUT2D eigenvalue weighted by molar-refractivity contribution is 9.10. The Morgan fingerprint density at radius 2 is 2.18 bits per heavy atom. The molecular formula is C13H16BrNO2. The Bertz CT molecular complexity index is 408. The van der Waals surface area contributed by atoms with E-state index in [0.29, 0.717) is 6.61 Å². The molecule has 4 heteroatoms. The van der Waals surface area contributed by atoms with Crippen LogP contribution in [0.25, 0.3) is 0 Å². The van der Waals surface area contributed by atoms with Crippen LogP contribution in [0.15, 0.2) is 28.7 Å². The van der Waals surface area contributed by atoms with Crippen LogP contribution in [0.3, 0.4) is 0 Å². The van der Waals surface area contributed by atoms with Crippen LogP contribution in [0.5, 0.6) is 0 Å². The number of benzene rings is 1. The number of nitrogens with two attached hydrogens (primary N) is 1. The predicted molar refractivity (Wildman–Crippen MR) is 69.3 cm³/mol. The number of esters is 1. The molecule has 0 amide bonds. The smallest absolute Gasteiger partial charge is 0.310 e. The third kappa shape index (κ3) is 3.07. The van der Waals surface area contributed by atoms with E-state index in [1.807, 2.05) is 24.3 Å². The van der Waals surface area contributed by atoms with Crippen molar-refractivity contribution in [1.29, 1.82) is 0 Å². The molecule has 0 bridgehead atoms. The number of carbonyl (C=O) groups excluding carboxylic acids is 1. The molecule has 2 N–H and O–H groups in total. The minimum absolute atomic E-state index is 0.0262. The van der Waals surface area contributed by atoms with Crippen molar-refractivity contribution in [3.63, 3.8) is 0 Å². The van der Waals surface area contributed by atoms with Gasteiger partial charge in [0.15, 0.2) is 0 Å². The Labute approximate surface area is 109 Å². The topological polar surface area (TPSA) is 52.3 Å². The Balaban J connectivity index is 1.90. The highest BCUT2D eigenvalue weighted by Gasteiger charge is 2.31. The second-order valence-corrected chi connectivity index (χ2v) is 5.25. The lowest BCUT2D eigenvalue weighted by molar-refractivity contribution is -0.150. The molecule has 3 nitrogen and oxygen atoms in total. The van der Waals surface area contributed by atoms with Crippen LogP contribution in [0.2, 0.25) is 0 Å². The quantitative estimate of drug-likeness (QED) is 0.873. The first-order valence-electron chi connectivity index (χ1n) is 5.84. The molecule has 1 aliphatic rings. The van der Waals surface area contributed by atoms with Crippen LogP contribution in [0.4, 0.5) is 0 Å². The summed E-state index contributed by atoms with van der Waals surface area (Å²) in [5.41, 5.74) is 6.85. The van der Waals surface area contributed by atoms with E-state index in [-0.39, 0.29) is 17.9 Å². The molecule has 2 unspecified atom stereocenters. The van der Waals surface area contributed by atoms with E-state index in [0.717, 1.165) is 29.3 Å². The van der Waals surface area contributed by atoms with E-state index in [1.54, 1.807) is 0 Å². The van der Waals surface area contributed by atoms with Crippen molar-refractivity contribution < 1.29 is 9.53 Å². The summed E-state index contributed by atoms with van der Waals surface area (Å²) in [6.07, 6.45) is 2.81. The minimum Gasteiger partial charge on any atom is -0.461 e. The van der Waals surface area contributed by atoms with E-state index in [4.69, 9.17) is 10.5 Å². The standard InChI is InChI=1S/C13H16BrNO2/c14-11-6-2-1-4-9(11)8-17-13(16)10-5-3-7-12(10)15/h1-2,4,6,10,12H,3,5,7-8,15H2. The maximum atomic E-state index is 11.8. The summed E-state index contributed by atoms with van der Waals surface area (Å²) < 4.78 is 6.28. The van der Waals surface area contributed by atoms with Gasteiger partial charge in [0.2, 0.25) is 0 Å². The molecule has 0 aliphatic heterocycles. The Kier molecular flexibility index (Phi) is 4.18. The van der Waals surface area contributed by atoms with Crippen LogP contribution < -0.4 is 5.73 Å². The van der Waals surface area contributed by atoms with Crippen molar-refractivity contribution >= 4 is 21.9 Å². The third-order valence-electron chi connectivity index (χ3n) is 3.20. The van der Waals surface area contributed by atoms with Gasteiger partial charge in [0, 0.05) is 16.1 Å². The fraction of sp³-hybridized carbons (Fsp3) is 0.462. The Hall–Kier alpha value is -0.870. The van der Waals surface area contributed by atoms with Gasteiger partial charge in [-0.25, -0.2) is 0 Å². The SMILES string of the molecule is NC1CCCC1C(=O)OCc1ccccc1Br. The van der Waals surface area contributed by atoms with Crippen molar-refractivity contribution in [2.75, 3.05) is 0 Å². The zero-order valence-electron chi connectivity index (χ0n) is 9.56. The average molecular weight is 298 g/mol. The summed E-state index contributed by atoms with van der Waals surface area (Å²) in [6.45, 7) is 0.309. The lowest BCUT2D eigenvalue weighted by Gasteiger charge is -2.14. The molecule has 17 heavy (non-hydrogen) atoms. The zero-order chi connectivity index (χ0) is 12.3. The first-order chi connectivity index (χ1) is 8.18. The van der Waals surface area contributed by atoms with Crippen LogP contribution in [0.1, 0.15) is 24.8 Å². The monoisotopic (exact) mass is 297 g/mol. The fourth-order valence-corrected chi connectivity index (χ4v) is 2.55. The molecule has 92 valence electrons. The summed E-state index contributed by atoms with van der Waals surface area (Å²) in [5, 5.41) is 0. The highest BCUT2D eigenvalue weighted by atomic mass is 79.9. The van der Waals surface area contributed by atoms with Crippen molar-refractivity contribution in [2.45, 2.75) is 31.9 Å². The molecule has 1 aliphatic carbocycles. The fourth-order valence-electron chi connectivity index (χ4n) is 2.15. The summed E-state index contributed by atoms with van der Waals surface area (Å²) in [4.78, 5) is 11.8. The first kappa shape index (κ1) is 12.6. The number of hydrogen-bond acceptors (Lipinski definition) is 3. The van der Waals surface area contributed by atoms with Gasteiger partial charge in [-0.2, -0.15) is 0 Å². The highest BCUT2D eigenvalue weighted by Crippen LogP contribution is 2.26.